The summed E-state index contributed by atoms with van der Waals surface area (Å²) >= 11 is 0. The number of benzene rings is 1. The van der Waals surface area contributed by atoms with Crippen molar-refractivity contribution in [3.05, 3.63) is 47.3 Å². The highest BCUT2D eigenvalue weighted by Gasteiger charge is 2.23. The topological polar surface area (TPSA) is 55.3 Å². The molecule has 0 bridgehead atoms. The predicted octanol–water partition coefficient (Wildman–Crippen LogP) is 3.39. The second-order valence-corrected chi connectivity index (χ2v) is 6.87. The van der Waals surface area contributed by atoms with Crippen LogP contribution in [0.1, 0.15) is 41.5 Å². The van der Waals surface area contributed by atoms with E-state index in [1.165, 1.54) is 0 Å². The van der Waals surface area contributed by atoms with Gasteiger partial charge in [-0.2, -0.15) is 0 Å². The molecule has 2 atom stereocenters. The highest BCUT2D eigenvalue weighted by molar-refractivity contribution is 5.96. The number of ether oxygens (including phenoxy) is 1. The van der Waals surface area contributed by atoms with E-state index in [0.717, 1.165) is 47.8 Å². The van der Waals surface area contributed by atoms with E-state index in [0.29, 0.717) is 6.04 Å². The molecular formula is C20H28ClN3O2. The number of hydrogen-bond acceptors (Lipinski definition) is 3. The number of aryl methyl sites for hydroxylation is 1. The van der Waals surface area contributed by atoms with Crippen LogP contribution in [0.3, 0.4) is 0 Å². The van der Waals surface area contributed by atoms with Gasteiger partial charge in [-0.15, -0.1) is 12.4 Å². The molecule has 26 heavy (non-hydrogen) atoms. The Balaban J connectivity index is 0.00000243. The Morgan fingerprint density at radius 3 is 2.58 bits per heavy atom. The van der Waals surface area contributed by atoms with Crippen LogP contribution in [0.2, 0.25) is 0 Å². The fourth-order valence-electron chi connectivity index (χ4n) is 3.65. The Kier molecular flexibility index (Phi) is 6.73. The molecule has 2 aromatic rings. The molecule has 6 heteroatoms. The number of methoxy groups -OCH3 is 1. The molecule has 1 amide bonds. The van der Waals surface area contributed by atoms with Gasteiger partial charge in [0.2, 0.25) is 0 Å². The van der Waals surface area contributed by atoms with E-state index in [1.807, 2.05) is 44.2 Å². The maximum atomic E-state index is 12.8. The summed E-state index contributed by atoms with van der Waals surface area (Å²) in [5.74, 6) is 0.844. The molecule has 1 aromatic heterocycles. The lowest BCUT2D eigenvalue weighted by Gasteiger charge is -2.28. The van der Waals surface area contributed by atoms with Crippen molar-refractivity contribution in [2.24, 2.45) is 0 Å². The van der Waals surface area contributed by atoms with E-state index in [-0.39, 0.29) is 24.4 Å². The average molecular weight is 378 g/mol. The zero-order valence-electron chi connectivity index (χ0n) is 15.8. The molecule has 2 unspecified atom stereocenters. The van der Waals surface area contributed by atoms with Crippen molar-refractivity contribution in [1.82, 2.24) is 15.2 Å². The Bertz CT molecular complexity index is 755. The van der Waals surface area contributed by atoms with Gasteiger partial charge in [-0.05, 0) is 70.5 Å². The number of carbonyl (C=O) groups is 1. The second kappa shape index (κ2) is 8.60. The summed E-state index contributed by atoms with van der Waals surface area (Å²) < 4.78 is 7.33. The van der Waals surface area contributed by atoms with Gasteiger partial charge in [0, 0.05) is 29.2 Å². The number of halogens is 1. The van der Waals surface area contributed by atoms with Gasteiger partial charge in [0.1, 0.15) is 5.75 Å². The normalized spacial score (nSPS) is 19.5. The quantitative estimate of drug-likeness (QED) is 0.858. The Morgan fingerprint density at radius 2 is 1.96 bits per heavy atom. The molecular weight excluding hydrogens is 350 g/mol. The standard InChI is InChI=1S/C20H27N3O2.ClH/c1-13-11-16(9-10-21-13)22-20(24)19-12-14(2)23(15(19)3)17-5-7-18(25-4)8-6-17;/h5-8,12-13,16,21H,9-11H2,1-4H3,(H,22,24);1H. The monoisotopic (exact) mass is 377 g/mol. The molecule has 1 saturated heterocycles. The van der Waals surface area contributed by atoms with E-state index in [4.69, 9.17) is 4.74 Å². The molecule has 5 nitrogen and oxygen atoms in total. The molecule has 1 fully saturated rings. The van der Waals surface area contributed by atoms with E-state index in [9.17, 15) is 4.79 Å². The van der Waals surface area contributed by atoms with Crippen molar-refractivity contribution in [1.29, 1.82) is 0 Å². The van der Waals surface area contributed by atoms with Crippen LogP contribution in [0.5, 0.6) is 5.75 Å². The summed E-state index contributed by atoms with van der Waals surface area (Å²) in [4.78, 5) is 12.8. The zero-order chi connectivity index (χ0) is 18.0. The number of carbonyl (C=O) groups excluding carboxylic acids is 1. The minimum Gasteiger partial charge on any atom is -0.497 e. The lowest BCUT2D eigenvalue weighted by atomic mass is 10.0. The van der Waals surface area contributed by atoms with Gasteiger partial charge in [0.15, 0.2) is 0 Å². The smallest absolute Gasteiger partial charge is 0.253 e. The van der Waals surface area contributed by atoms with Crippen LogP contribution in [0.4, 0.5) is 0 Å². The summed E-state index contributed by atoms with van der Waals surface area (Å²) in [5, 5.41) is 6.62. The third-order valence-corrected chi connectivity index (χ3v) is 4.97. The summed E-state index contributed by atoms with van der Waals surface area (Å²) in [7, 11) is 1.66. The van der Waals surface area contributed by atoms with Crippen molar-refractivity contribution in [3.8, 4) is 11.4 Å². The first-order valence-corrected chi connectivity index (χ1v) is 8.87. The number of piperidine rings is 1. The molecule has 0 spiro atoms. The zero-order valence-corrected chi connectivity index (χ0v) is 16.7. The lowest BCUT2D eigenvalue weighted by Crippen LogP contribution is -2.46. The summed E-state index contributed by atoms with van der Waals surface area (Å²) in [5.41, 5.74) is 3.79. The number of hydrogen-bond donors (Lipinski definition) is 2. The molecule has 1 aromatic carbocycles. The molecule has 1 aliphatic heterocycles. The fourth-order valence-corrected chi connectivity index (χ4v) is 3.65. The minimum atomic E-state index is 0. The first kappa shape index (κ1) is 20.3. The van der Waals surface area contributed by atoms with Crippen molar-refractivity contribution >= 4 is 18.3 Å². The van der Waals surface area contributed by atoms with Gasteiger partial charge >= 0.3 is 0 Å². The van der Waals surface area contributed by atoms with Gasteiger partial charge in [-0.3, -0.25) is 4.79 Å². The summed E-state index contributed by atoms with van der Waals surface area (Å²) in [6.07, 6.45) is 1.95. The van der Waals surface area contributed by atoms with Crippen molar-refractivity contribution < 1.29 is 9.53 Å². The highest BCUT2D eigenvalue weighted by Crippen LogP contribution is 2.23. The van der Waals surface area contributed by atoms with Crippen LogP contribution >= 0.6 is 12.4 Å². The number of aromatic nitrogens is 1. The van der Waals surface area contributed by atoms with E-state index >= 15 is 0 Å². The SMILES string of the molecule is COc1ccc(-n2c(C)cc(C(=O)NC3CCNC(C)C3)c2C)cc1.Cl. The molecule has 2 heterocycles. The largest absolute Gasteiger partial charge is 0.497 e. The van der Waals surface area contributed by atoms with E-state index in [1.54, 1.807) is 7.11 Å². The second-order valence-electron chi connectivity index (χ2n) is 6.87. The number of nitrogens with one attached hydrogen (secondary N) is 2. The molecule has 1 aliphatic rings. The first-order chi connectivity index (χ1) is 12.0. The van der Waals surface area contributed by atoms with Crippen LogP contribution in [0, 0.1) is 13.8 Å². The van der Waals surface area contributed by atoms with E-state index in [2.05, 4.69) is 22.1 Å². The Morgan fingerprint density at radius 1 is 1.27 bits per heavy atom. The Labute approximate surface area is 161 Å². The van der Waals surface area contributed by atoms with Crippen LogP contribution in [-0.2, 0) is 0 Å². The highest BCUT2D eigenvalue weighted by atomic mass is 35.5. The van der Waals surface area contributed by atoms with Crippen molar-refractivity contribution in [2.75, 3.05) is 13.7 Å². The minimum absolute atomic E-state index is 0. The predicted molar refractivity (Wildman–Crippen MR) is 107 cm³/mol. The van der Waals surface area contributed by atoms with Crippen molar-refractivity contribution in [3.63, 3.8) is 0 Å². The molecule has 142 valence electrons. The average Bonchev–Trinajstić information content (AvgIpc) is 2.90. The summed E-state index contributed by atoms with van der Waals surface area (Å²) in [6, 6.07) is 10.6. The molecule has 3 rings (SSSR count). The number of rotatable bonds is 4. The molecule has 0 aliphatic carbocycles. The Hall–Kier alpha value is -1.98. The van der Waals surface area contributed by atoms with Crippen LogP contribution in [0.15, 0.2) is 30.3 Å². The van der Waals surface area contributed by atoms with Crippen LogP contribution in [0.25, 0.3) is 5.69 Å². The van der Waals surface area contributed by atoms with Gasteiger partial charge < -0.3 is 19.9 Å². The third-order valence-electron chi connectivity index (χ3n) is 4.97. The number of nitrogens with zero attached hydrogens (tertiary/aromatic N) is 1. The summed E-state index contributed by atoms with van der Waals surface area (Å²) in [6.45, 7) is 7.14. The molecule has 0 saturated carbocycles. The fraction of sp³-hybridized carbons (Fsp3) is 0.450. The van der Waals surface area contributed by atoms with Gasteiger partial charge in [0.25, 0.3) is 5.91 Å². The first-order valence-electron chi connectivity index (χ1n) is 8.87. The third kappa shape index (κ3) is 4.22. The molecule has 2 N–H and O–H groups in total. The maximum Gasteiger partial charge on any atom is 0.253 e. The van der Waals surface area contributed by atoms with Crippen LogP contribution in [-0.4, -0.2) is 36.2 Å². The van der Waals surface area contributed by atoms with Crippen molar-refractivity contribution in [2.45, 2.75) is 45.7 Å². The van der Waals surface area contributed by atoms with Gasteiger partial charge in [0.05, 0.1) is 12.7 Å². The van der Waals surface area contributed by atoms with Gasteiger partial charge in [-0.1, -0.05) is 0 Å². The molecule has 0 radical (unpaired) electrons. The van der Waals surface area contributed by atoms with Gasteiger partial charge in [-0.25, -0.2) is 0 Å². The van der Waals surface area contributed by atoms with Crippen LogP contribution < -0.4 is 15.4 Å². The lowest BCUT2D eigenvalue weighted by molar-refractivity contribution is 0.0925. The maximum absolute atomic E-state index is 12.8. The van der Waals surface area contributed by atoms with E-state index < -0.39 is 0 Å². The number of amides is 1.